The Morgan fingerprint density at radius 2 is 1.68 bits per heavy atom. The lowest BCUT2D eigenvalue weighted by Gasteiger charge is -2.12. The summed E-state index contributed by atoms with van der Waals surface area (Å²) in [5.74, 6) is -1.23. The molecule has 0 saturated carbocycles. The second-order valence-corrected chi connectivity index (χ2v) is 9.00. The molecule has 0 spiro atoms. The van der Waals surface area contributed by atoms with E-state index >= 15 is 0 Å². The summed E-state index contributed by atoms with van der Waals surface area (Å²) < 4.78 is 33.1. The molecule has 3 aromatic rings. The standard InChI is InChI=1S/C23H19ClN4O5S/c24-19-11-10-17(12-21(19)34(31,32)26-14-16-6-2-1-3-7-16)23(30)28-27-22(29)15-33-20-9-5-4-8-18(20)13-25/h1-12,26H,14-15H2,(H,27,29)(H,28,30). The van der Waals surface area contributed by atoms with E-state index in [9.17, 15) is 18.0 Å². The van der Waals surface area contributed by atoms with E-state index in [1.807, 2.05) is 12.1 Å². The lowest BCUT2D eigenvalue weighted by Crippen LogP contribution is -2.43. The Hall–Kier alpha value is -3.91. The van der Waals surface area contributed by atoms with E-state index in [0.717, 1.165) is 11.6 Å². The van der Waals surface area contributed by atoms with Gasteiger partial charge >= 0.3 is 0 Å². The molecule has 0 aliphatic rings. The van der Waals surface area contributed by atoms with Crippen molar-refractivity contribution in [1.82, 2.24) is 15.6 Å². The van der Waals surface area contributed by atoms with Crippen LogP contribution in [0.2, 0.25) is 5.02 Å². The molecule has 0 bridgehead atoms. The molecule has 3 N–H and O–H groups in total. The van der Waals surface area contributed by atoms with E-state index in [0.29, 0.717) is 0 Å². The molecule has 0 heterocycles. The molecule has 0 saturated heterocycles. The molecule has 9 nitrogen and oxygen atoms in total. The largest absolute Gasteiger partial charge is 0.482 e. The number of hydrogen-bond donors (Lipinski definition) is 3. The van der Waals surface area contributed by atoms with E-state index in [2.05, 4.69) is 15.6 Å². The first-order chi connectivity index (χ1) is 16.3. The van der Waals surface area contributed by atoms with E-state index in [4.69, 9.17) is 21.6 Å². The zero-order valence-corrected chi connectivity index (χ0v) is 19.2. The maximum absolute atomic E-state index is 12.7. The van der Waals surface area contributed by atoms with Crippen LogP contribution in [-0.4, -0.2) is 26.8 Å². The first-order valence-electron chi connectivity index (χ1n) is 9.84. The number of carbonyl (C=O) groups excluding carboxylic acids is 2. The summed E-state index contributed by atoms with van der Waals surface area (Å²) >= 11 is 6.06. The normalized spacial score (nSPS) is 10.7. The monoisotopic (exact) mass is 498 g/mol. The Bertz CT molecular complexity index is 1340. The third-order valence-corrected chi connectivity index (χ3v) is 6.36. The topological polar surface area (TPSA) is 137 Å². The fraction of sp³-hybridized carbons (Fsp3) is 0.0870. The van der Waals surface area contributed by atoms with Gasteiger partial charge in [0.05, 0.1) is 10.6 Å². The Labute approximate surface area is 201 Å². The minimum Gasteiger partial charge on any atom is -0.482 e. The van der Waals surface area contributed by atoms with Gasteiger partial charge in [-0.1, -0.05) is 54.1 Å². The maximum Gasteiger partial charge on any atom is 0.276 e. The Balaban J connectivity index is 1.60. The van der Waals surface area contributed by atoms with Crippen molar-refractivity contribution in [3.8, 4) is 11.8 Å². The third-order valence-electron chi connectivity index (χ3n) is 4.47. The third kappa shape index (κ3) is 6.55. The molecule has 0 unspecified atom stereocenters. The van der Waals surface area contributed by atoms with Crippen LogP contribution in [0.1, 0.15) is 21.5 Å². The van der Waals surface area contributed by atoms with Crippen molar-refractivity contribution >= 4 is 33.4 Å². The number of amides is 2. The number of ether oxygens (including phenoxy) is 1. The zero-order valence-electron chi connectivity index (χ0n) is 17.6. The molecule has 34 heavy (non-hydrogen) atoms. The number of nitrogens with zero attached hydrogens (tertiary/aromatic N) is 1. The molecule has 2 amide bonds. The number of carbonyl (C=O) groups is 2. The SMILES string of the molecule is N#Cc1ccccc1OCC(=O)NNC(=O)c1ccc(Cl)c(S(=O)(=O)NCc2ccccc2)c1. The van der Waals surface area contributed by atoms with Crippen molar-refractivity contribution in [2.75, 3.05) is 6.61 Å². The van der Waals surface area contributed by atoms with Gasteiger partial charge in [-0.3, -0.25) is 20.4 Å². The molecular formula is C23H19ClN4O5S. The van der Waals surface area contributed by atoms with Gasteiger partial charge in [0.15, 0.2) is 6.61 Å². The first-order valence-corrected chi connectivity index (χ1v) is 11.7. The van der Waals surface area contributed by atoms with E-state index in [-0.39, 0.29) is 33.3 Å². The van der Waals surface area contributed by atoms with Gasteiger partial charge in [-0.05, 0) is 35.9 Å². The number of hydrazine groups is 1. The highest BCUT2D eigenvalue weighted by Gasteiger charge is 2.20. The molecular weight excluding hydrogens is 480 g/mol. The van der Waals surface area contributed by atoms with Crippen molar-refractivity contribution in [3.63, 3.8) is 0 Å². The summed E-state index contributed by atoms with van der Waals surface area (Å²) in [6, 6.07) is 20.9. The van der Waals surface area contributed by atoms with Gasteiger partial charge in [0.2, 0.25) is 10.0 Å². The Morgan fingerprint density at radius 1 is 0.971 bits per heavy atom. The molecule has 0 atom stereocenters. The lowest BCUT2D eigenvalue weighted by molar-refractivity contribution is -0.123. The molecule has 174 valence electrons. The average molecular weight is 499 g/mol. The smallest absolute Gasteiger partial charge is 0.276 e. The van der Waals surface area contributed by atoms with Crippen molar-refractivity contribution in [2.24, 2.45) is 0 Å². The quantitative estimate of drug-likeness (QED) is 0.408. The van der Waals surface area contributed by atoms with Crippen LogP contribution in [0, 0.1) is 11.3 Å². The molecule has 11 heteroatoms. The minimum atomic E-state index is -4.02. The Kier molecular flexibility index (Phi) is 8.21. The van der Waals surface area contributed by atoms with Crippen LogP contribution in [0.15, 0.2) is 77.7 Å². The van der Waals surface area contributed by atoms with Crippen LogP contribution in [0.4, 0.5) is 0 Å². The predicted molar refractivity (Wildman–Crippen MR) is 124 cm³/mol. The minimum absolute atomic E-state index is 0.0412. The van der Waals surface area contributed by atoms with E-state index in [1.54, 1.807) is 36.4 Å². The molecule has 0 fully saturated rings. The van der Waals surface area contributed by atoms with Gasteiger partial charge in [0.1, 0.15) is 16.7 Å². The number of hydrogen-bond acceptors (Lipinski definition) is 6. The van der Waals surface area contributed by atoms with Crippen molar-refractivity contribution in [3.05, 3.63) is 94.5 Å². The summed E-state index contributed by atoms with van der Waals surface area (Å²) in [5, 5.41) is 8.97. The van der Waals surface area contributed by atoms with Crippen molar-refractivity contribution < 1.29 is 22.7 Å². The summed E-state index contributed by atoms with van der Waals surface area (Å²) in [4.78, 5) is 24.1. The molecule has 0 aromatic heterocycles. The summed E-state index contributed by atoms with van der Waals surface area (Å²) in [6.07, 6.45) is 0. The van der Waals surface area contributed by atoms with Crippen LogP contribution in [0.25, 0.3) is 0 Å². The number of halogens is 1. The highest BCUT2D eigenvalue weighted by Crippen LogP contribution is 2.23. The van der Waals surface area contributed by atoms with Gasteiger partial charge in [0, 0.05) is 12.1 Å². The fourth-order valence-corrected chi connectivity index (χ4v) is 4.31. The molecule has 0 aliphatic heterocycles. The average Bonchev–Trinajstić information content (AvgIpc) is 2.85. The van der Waals surface area contributed by atoms with Crippen LogP contribution >= 0.6 is 11.6 Å². The highest BCUT2D eigenvalue weighted by atomic mass is 35.5. The summed E-state index contributed by atoms with van der Waals surface area (Å²) in [5.41, 5.74) is 5.31. The zero-order chi connectivity index (χ0) is 24.6. The van der Waals surface area contributed by atoms with Gasteiger partial charge in [-0.25, -0.2) is 13.1 Å². The van der Waals surface area contributed by atoms with Gasteiger partial charge in [-0.2, -0.15) is 5.26 Å². The molecule has 0 radical (unpaired) electrons. The van der Waals surface area contributed by atoms with Gasteiger partial charge in [-0.15, -0.1) is 0 Å². The molecule has 3 aromatic carbocycles. The number of sulfonamides is 1. The predicted octanol–water partition coefficient (Wildman–Crippen LogP) is 2.53. The van der Waals surface area contributed by atoms with Gasteiger partial charge < -0.3 is 4.74 Å². The number of nitriles is 1. The van der Waals surface area contributed by atoms with Crippen LogP contribution in [-0.2, 0) is 21.4 Å². The number of nitrogens with one attached hydrogen (secondary N) is 3. The van der Waals surface area contributed by atoms with Gasteiger partial charge in [0.25, 0.3) is 11.8 Å². The molecule has 3 rings (SSSR count). The summed E-state index contributed by atoms with van der Waals surface area (Å²) in [7, 11) is -4.02. The van der Waals surface area contributed by atoms with Crippen LogP contribution in [0.5, 0.6) is 5.75 Å². The summed E-state index contributed by atoms with van der Waals surface area (Å²) in [6.45, 7) is -0.413. The van der Waals surface area contributed by atoms with E-state index in [1.165, 1.54) is 24.3 Å². The molecule has 0 aliphatic carbocycles. The highest BCUT2D eigenvalue weighted by molar-refractivity contribution is 7.89. The second kappa shape index (κ2) is 11.3. The van der Waals surface area contributed by atoms with Crippen molar-refractivity contribution in [1.29, 1.82) is 5.26 Å². The van der Waals surface area contributed by atoms with Crippen LogP contribution < -0.4 is 20.3 Å². The maximum atomic E-state index is 12.7. The lowest BCUT2D eigenvalue weighted by atomic mass is 10.2. The number of para-hydroxylation sites is 1. The second-order valence-electron chi connectivity index (χ2n) is 6.85. The van der Waals surface area contributed by atoms with Crippen LogP contribution in [0.3, 0.4) is 0 Å². The fourth-order valence-electron chi connectivity index (χ4n) is 2.77. The Morgan fingerprint density at radius 3 is 2.41 bits per heavy atom. The van der Waals surface area contributed by atoms with E-state index < -0.39 is 28.4 Å². The first kappa shape index (κ1) is 24.7. The van der Waals surface area contributed by atoms with Crippen molar-refractivity contribution in [2.45, 2.75) is 11.4 Å². The number of benzene rings is 3. The number of rotatable bonds is 8.